The highest BCUT2D eigenvalue weighted by molar-refractivity contribution is 5.94. The number of carbonyl (C=O) groups excluding carboxylic acids is 1. The van der Waals surface area contributed by atoms with Gasteiger partial charge in [-0.1, -0.05) is 43.3 Å². The molecule has 1 aliphatic heterocycles. The van der Waals surface area contributed by atoms with E-state index < -0.39 is 0 Å². The Kier molecular flexibility index (Phi) is 5.58. The molecule has 1 unspecified atom stereocenters. The number of hydrogen-bond acceptors (Lipinski definition) is 2. The number of fused-ring (bicyclic) bond motifs is 1. The fraction of sp³-hybridized carbons (Fsp3) is 0.278. The molecule has 1 heterocycles. The van der Waals surface area contributed by atoms with E-state index in [4.69, 9.17) is 0 Å². The van der Waals surface area contributed by atoms with Gasteiger partial charge in [0.2, 0.25) is 0 Å². The molecule has 0 fully saturated rings. The van der Waals surface area contributed by atoms with Crippen LogP contribution < -0.4 is 10.6 Å². The predicted molar refractivity (Wildman–Crippen MR) is 91.2 cm³/mol. The van der Waals surface area contributed by atoms with Gasteiger partial charge < -0.3 is 10.6 Å². The average molecular weight is 317 g/mol. The zero-order valence-corrected chi connectivity index (χ0v) is 13.5. The number of benzene rings is 2. The summed E-state index contributed by atoms with van der Waals surface area (Å²) in [5.41, 5.74) is 4.42. The number of rotatable bonds is 4. The number of carbonyl (C=O) groups is 1. The fourth-order valence-corrected chi connectivity index (χ4v) is 2.78. The summed E-state index contributed by atoms with van der Waals surface area (Å²) in [6, 6.07) is 16.1. The van der Waals surface area contributed by atoms with E-state index in [1.165, 1.54) is 11.1 Å². The Hall–Kier alpha value is -1.84. The third kappa shape index (κ3) is 3.49. The lowest BCUT2D eigenvalue weighted by Crippen LogP contribution is -2.28. The van der Waals surface area contributed by atoms with Gasteiger partial charge in [-0.2, -0.15) is 0 Å². The third-order valence-electron chi connectivity index (χ3n) is 4.01. The van der Waals surface area contributed by atoms with Gasteiger partial charge in [0.1, 0.15) is 0 Å². The van der Waals surface area contributed by atoms with Crippen molar-refractivity contribution in [3.63, 3.8) is 0 Å². The normalized spacial score (nSPS) is 13.9. The van der Waals surface area contributed by atoms with Crippen LogP contribution in [0.3, 0.4) is 0 Å². The minimum absolute atomic E-state index is 0. The Bertz CT molecular complexity index is 643. The lowest BCUT2D eigenvalue weighted by Gasteiger charge is -2.17. The van der Waals surface area contributed by atoms with E-state index in [0.29, 0.717) is 0 Å². The van der Waals surface area contributed by atoms with E-state index >= 15 is 0 Å². The summed E-state index contributed by atoms with van der Waals surface area (Å²) < 4.78 is 0. The monoisotopic (exact) mass is 316 g/mol. The molecule has 2 aromatic carbocycles. The Morgan fingerprint density at radius 3 is 2.59 bits per heavy atom. The summed E-state index contributed by atoms with van der Waals surface area (Å²) in [6.45, 7) is 3.84. The van der Waals surface area contributed by atoms with E-state index in [-0.39, 0.29) is 24.4 Å². The van der Waals surface area contributed by atoms with Crippen molar-refractivity contribution in [2.24, 2.45) is 0 Å². The van der Waals surface area contributed by atoms with Crippen LogP contribution in [0.15, 0.2) is 48.5 Å². The average Bonchev–Trinajstić information content (AvgIpc) is 3.00. The second kappa shape index (κ2) is 7.43. The van der Waals surface area contributed by atoms with Gasteiger partial charge in [0, 0.05) is 18.7 Å². The molecule has 0 aromatic heterocycles. The summed E-state index contributed by atoms with van der Waals surface area (Å²) in [5.74, 6) is 0.000373. The molecular formula is C18H21ClN2O. The van der Waals surface area contributed by atoms with Crippen LogP contribution in [0.1, 0.15) is 46.4 Å². The molecule has 4 heteroatoms. The minimum atomic E-state index is 0. The molecule has 2 N–H and O–H groups in total. The summed E-state index contributed by atoms with van der Waals surface area (Å²) in [6.07, 6.45) is 0.877. The van der Waals surface area contributed by atoms with Crippen LogP contribution in [0, 0.1) is 0 Å². The van der Waals surface area contributed by atoms with Crippen molar-refractivity contribution in [2.45, 2.75) is 32.5 Å². The molecule has 0 saturated carbocycles. The van der Waals surface area contributed by atoms with Crippen LogP contribution >= 0.6 is 12.4 Å². The van der Waals surface area contributed by atoms with Crippen molar-refractivity contribution in [1.82, 2.24) is 10.6 Å². The molecule has 0 bridgehead atoms. The molecule has 2 aromatic rings. The molecule has 22 heavy (non-hydrogen) atoms. The second-order valence-corrected chi connectivity index (χ2v) is 5.43. The minimum Gasteiger partial charge on any atom is -0.345 e. The molecular weight excluding hydrogens is 296 g/mol. The summed E-state index contributed by atoms with van der Waals surface area (Å²) >= 11 is 0. The van der Waals surface area contributed by atoms with E-state index in [1.807, 2.05) is 36.4 Å². The Balaban J connectivity index is 0.00000176. The highest BCUT2D eigenvalue weighted by Gasteiger charge is 2.16. The maximum Gasteiger partial charge on any atom is 0.251 e. The van der Waals surface area contributed by atoms with Crippen LogP contribution in [0.5, 0.6) is 0 Å². The molecule has 3 nitrogen and oxygen atoms in total. The highest BCUT2D eigenvalue weighted by Crippen LogP contribution is 2.19. The van der Waals surface area contributed by atoms with E-state index in [2.05, 4.69) is 29.7 Å². The summed E-state index contributed by atoms with van der Waals surface area (Å²) in [7, 11) is 0. The van der Waals surface area contributed by atoms with E-state index in [0.717, 1.165) is 30.6 Å². The van der Waals surface area contributed by atoms with Gasteiger partial charge in [-0.15, -0.1) is 12.4 Å². The van der Waals surface area contributed by atoms with Crippen LogP contribution in [0.2, 0.25) is 0 Å². The largest absolute Gasteiger partial charge is 0.345 e. The molecule has 3 rings (SSSR count). The van der Waals surface area contributed by atoms with Crippen LogP contribution in [0.25, 0.3) is 0 Å². The quantitative estimate of drug-likeness (QED) is 0.905. The molecule has 0 radical (unpaired) electrons. The van der Waals surface area contributed by atoms with Crippen molar-refractivity contribution in [1.29, 1.82) is 0 Å². The van der Waals surface area contributed by atoms with Crippen LogP contribution in [-0.2, 0) is 13.1 Å². The zero-order valence-electron chi connectivity index (χ0n) is 12.6. The van der Waals surface area contributed by atoms with Gasteiger partial charge >= 0.3 is 0 Å². The first kappa shape index (κ1) is 16.5. The van der Waals surface area contributed by atoms with Crippen molar-refractivity contribution in [2.75, 3.05) is 0 Å². The summed E-state index contributed by atoms with van der Waals surface area (Å²) in [5, 5.41) is 6.43. The van der Waals surface area contributed by atoms with Crippen molar-refractivity contribution < 1.29 is 4.79 Å². The van der Waals surface area contributed by atoms with E-state index in [9.17, 15) is 4.79 Å². The molecule has 1 atom stereocenters. The molecule has 1 aliphatic rings. The highest BCUT2D eigenvalue weighted by atomic mass is 35.5. The Labute approximate surface area is 137 Å². The molecule has 0 saturated heterocycles. The first-order valence-electron chi connectivity index (χ1n) is 7.46. The maximum atomic E-state index is 12.5. The Morgan fingerprint density at radius 1 is 1.14 bits per heavy atom. The van der Waals surface area contributed by atoms with Gasteiger partial charge in [-0.25, -0.2) is 0 Å². The molecule has 0 aliphatic carbocycles. The lowest BCUT2D eigenvalue weighted by molar-refractivity contribution is 0.0935. The number of hydrogen-bond donors (Lipinski definition) is 2. The van der Waals surface area contributed by atoms with Gasteiger partial charge in [0.25, 0.3) is 5.91 Å². The van der Waals surface area contributed by atoms with Crippen molar-refractivity contribution in [3.8, 4) is 0 Å². The van der Waals surface area contributed by atoms with Gasteiger partial charge in [0.15, 0.2) is 0 Å². The molecule has 1 amide bonds. The van der Waals surface area contributed by atoms with Crippen molar-refractivity contribution in [3.05, 3.63) is 70.8 Å². The number of halogens is 1. The smallest absolute Gasteiger partial charge is 0.251 e. The SMILES string of the molecule is CCC(NC(=O)c1ccc2c(c1)CNC2)c1ccccc1.Cl. The predicted octanol–water partition coefficient (Wildman–Crippen LogP) is 3.59. The lowest BCUT2D eigenvalue weighted by atomic mass is 10.0. The van der Waals surface area contributed by atoms with Crippen LogP contribution in [-0.4, -0.2) is 5.91 Å². The van der Waals surface area contributed by atoms with E-state index in [1.54, 1.807) is 0 Å². The van der Waals surface area contributed by atoms with Crippen LogP contribution in [0.4, 0.5) is 0 Å². The van der Waals surface area contributed by atoms with Gasteiger partial charge in [-0.3, -0.25) is 4.79 Å². The first-order chi connectivity index (χ1) is 10.3. The zero-order chi connectivity index (χ0) is 14.7. The van der Waals surface area contributed by atoms with Crippen molar-refractivity contribution >= 4 is 18.3 Å². The molecule has 116 valence electrons. The fourth-order valence-electron chi connectivity index (χ4n) is 2.78. The standard InChI is InChI=1S/C18H20N2O.ClH/c1-2-17(13-6-4-3-5-7-13)20-18(21)14-8-9-15-11-19-12-16(15)10-14;/h3-10,17,19H,2,11-12H2,1H3,(H,20,21);1H. The first-order valence-corrected chi connectivity index (χ1v) is 7.46. The third-order valence-corrected chi connectivity index (χ3v) is 4.01. The summed E-state index contributed by atoms with van der Waals surface area (Å²) in [4.78, 5) is 12.5. The number of nitrogens with one attached hydrogen (secondary N) is 2. The number of amides is 1. The second-order valence-electron chi connectivity index (χ2n) is 5.43. The van der Waals surface area contributed by atoms with Gasteiger partial charge in [0.05, 0.1) is 6.04 Å². The van der Waals surface area contributed by atoms with Gasteiger partial charge in [-0.05, 0) is 35.2 Å². The maximum absolute atomic E-state index is 12.5. The Morgan fingerprint density at radius 2 is 1.86 bits per heavy atom. The molecule has 0 spiro atoms. The topological polar surface area (TPSA) is 41.1 Å².